The predicted octanol–water partition coefficient (Wildman–Crippen LogP) is 1.98. The van der Waals surface area contributed by atoms with Crippen molar-refractivity contribution in [3.8, 4) is 0 Å². The fourth-order valence-electron chi connectivity index (χ4n) is 3.92. The first-order valence-electron chi connectivity index (χ1n) is 10.1. The van der Waals surface area contributed by atoms with Crippen LogP contribution in [0.4, 0.5) is 0 Å². The van der Waals surface area contributed by atoms with E-state index in [1.165, 1.54) is 7.11 Å². The van der Waals surface area contributed by atoms with Crippen molar-refractivity contribution >= 4 is 10.1 Å². The van der Waals surface area contributed by atoms with Gasteiger partial charge in [-0.25, -0.2) is 0 Å². The molecule has 0 spiro atoms. The summed E-state index contributed by atoms with van der Waals surface area (Å²) in [5.41, 5.74) is 1.87. The van der Waals surface area contributed by atoms with Gasteiger partial charge in [-0.1, -0.05) is 60.7 Å². The maximum atomic E-state index is 12.1. The first-order chi connectivity index (χ1) is 14.9. The van der Waals surface area contributed by atoms with Crippen LogP contribution >= 0.6 is 0 Å². The molecule has 2 saturated heterocycles. The highest BCUT2D eigenvalue weighted by atomic mass is 32.2. The lowest BCUT2D eigenvalue weighted by molar-refractivity contribution is -0.338. The van der Waals surface area contributed by atoms with E-state index in [4.69, 9.17) is 23.1 Å². The Balaban J connectivity index is 1.59. The molecular formula is C22H27NO7S. The molecule has 2 aliphatic rings. The van der Waals surface area contributed by atoms with E-state index in [2.05, 4.69) is 5.32 Å². The van der Waals surface area contributed by atoms with Gasteiger partial charge in [-0.05, 0) is 5.56 Å². The highest BCUT2D eigenvalue weighted by molar-refractivity contribution is 7.86. The second kappa shape index (κ2) is 9.74. The SMILES string of the molecule is CO[C@@H]1O[C@@H]2CO[C@H](c3ccccc3)O[C@@H]2[C@@H](OS(C)(=O)=O)[C@@H]1NCc1ccccc1. The van der Waals surface area contributed by atoms with Gasteiger partial charge in [0.2, 0.25) is 0 Å². The number of methoxy groups -OCH3 is 1. The summed E-state index contributed by atoms with van der Waals surface area (Å²) < 4.78 is 53.4. The maximum absolute atomic E-state index is 12.1. The monoisotopic (exact) mass is 449 g/mol. The van der Waals surface area contributed by atoms with Gasteiger partial charge in [0, 0.05) is 19.2 Å². The minimum Gasteiger partial charge on any atom is -0.354 e. The molecule has 0 aliphatic carbocycles. The van der Waals surface area contributed by atoms with Crippen LogP contribution in [0.1, 0.15) is 17.4 Å². The Hall–Kier alpha value is -1.85. The quantitative estimate of drug-likeness (QED) is 0.642. The van der Waals surface area contributed by atoms with Gasteiger partial charge in [-0.15, -0.1) is 0 Å². The van der Waals surface area contributed by atoms with Crippen molar-refractivity contribution in [2.75, 3.05) is 20.0 Å². The van der Waals surface area contributed by atoms with Crippen molar-refractivity contribution in [2.24, 2.45) is 0 Å². The molecule has 6 atom stereocenters. The molecular weight excluding hydrogens is 422 g/mol. The number of nitrogens with one attached hydrogen (secondary N) is 1. The summed E-state index contributed by atoms with van der Waals surface area (Å²) >= 11 is 0. The molecule has 8 nitrogen and oxygen atoms in total. The molecule has 9 heteroatoms. The first kappa shape index (κ1) is 22.3. The Morgan fingerprint density at radius 3 is 2.35 bits per heavy atom. The first-order valence-corrected chi connectivity index (χ1v) is 11.9. The Labute approximate surface area is 182 Å². The second-order valence-electron chi connectivity index (χ2n) is 7.61. The zero-order valence-electron chi connectivity index (χ0n) is 17.4. The number of hydrogen-bond donors (Lipinski definition) is 1. The summed E-state index contributed by atoms with van der Waals surface area (Å²) in [6.45, 7) is 0.702. The van der Waals surface area contributed by atoms with Gasteiger partial charge in [0.05, 0.1) is 18.9 Å². The number of rotatable bonds is 7. The molecule has 0 radical (unpaired) electrons. The van der Waals surface area contributed by atoms with Crippen LogP contribution < -0.4 is 5.32 Å². The van der Waals surface area contributed by atoms with E-state index in [0.29, 0.717) is 6.54 Å². The molecule has 2 aromatic rings. The van der Waals surface area contributed by atoms with E-state index in [-0.39, 0.29) is 6.61 Å². The zero-order chi connectivity index (χ0) is 21.8. The number of benzene rings is 2. The van der Waals surface area contributed by atoms with Crippen LogP contribution in [0.25, 0.3) is 0 Å². The maximum Gasteiger partial charge on any atom is 0.264 e. The normalized spacial score (nSPS) is 31.2. The van der Waals surface area contributed by atoms with Gasteiger partial charge in [0.15, 0.2) is 12.6 Å². The number of hydrogen-bond acceptors (Lipinski definition) is 8. The van der Waals surface area contributed by atoms with Crippen LogP contribution in [-0.2, 0) is 39.8 Å². The van der Waals surface area contributed by atoms with Gasteiger partial charge < -0.3 is 24.3 Å². The summed E-state index contributed by atoms with van der Waals surface area (Å²) in [4.78, 5) is 0. The Morgan fingerprint density at radius 2 is 1.71 bits per heavy atom. The molecule has 2 fully saturated rings. The summed E-state index contributed by atoms with van der Waals surface area (Å²) in [5.74, 6) is 0. The van der Waals surface area contributed by atoms with E-state index in [1.54, 1.807) is 0 Å². The van der Waals surface area contributed by atoms with Crippen molar-refractivity contribution in [2.45, 2.75) is 43.5 Å². The van der Waals surface area contributed by atoms with Crippen molar-refractivity contribution in [3.63, 3.8) is 0 Å². The van der Waals surface area contributed by atoms with Crippen molar-refractivity contribution in [3.05, 3.63) is 71.8 Å². The lowest BCUT2D eigenvalue weighted by Gasteiger charge is -2.48. The van der Waals surface area contributed by atoms with Gasteiger partial charge in [0.25, 0.3) is 10.1 Å². The molecule has 0 aromatic heterocycles. The summed E-state index contributed by atoms with van der Waals surface area (Å²) in [5, 5.41) is 3.34. The van der Waals surface area contributed by atoms with E-state index >= 15 is 0 Å². The van der Waals surface area contributed by atoms with E-state index < -0.39 is 47.1 Å². The van der Waals surface area contributed by atoms with Crippen molar-refractivity contribution in [1.82, 2.24) is 5.32 Å². The van der Waals surface area contributed by atoms with Gasteiger partial charge in [0.1, 0.15) is 18.3 Å². The molecule has 0 bridgehead atoms. The lowest BCUT2D eigenvalue weighted by Crippen LogP contribution is -2.66. The largest absolute Gasteiger partial charge is 0.354 e. The van der Waals surface area contributed by atoms with Gasteiger partial charge >= 0.3 is 0 Å². The van der Waals surface area contributed by atoms with Crippen molar-refractivity contribution in [1.29, 1.82) is 0 Å². The summed E-state index contributed by atoms with van der Waals surface area (Å²) in [6.07, 6.45) is -2.43. The number of fused-ring (bicyclic) bond motifs is 1. The zero-order valence-corrected chi connectivity index (χ0v) is 18.2. The van der Waals surface area contributed by atoms with Crippen molar-refractivity contribution < 1.29 is 31.5 Å². The third kappa shape index (κ3) is 5.50. The highest BCUT2D eigenvalue weighted by Gasteiger charge is 2.52. The van der Waals surface area contributed by atoms with Crippen LogP contribution in [0.15, 0.2) is 60.7 Å². The minimum absolute atomic E-state index is 0.221. The topological polar surface area (TPSA) is 92.3 Å². The fourth-order valence-corrected chi connectivity index (χ4v) is 4.55. The van der Waals surface area contributed by atoms with Gasteiger partial charge in [-0.3, -0.25) is 4.18 Å². The molecule has 1 N–H and O–H groups in total. The van der Waals surface area contributed by atoms with Crippen LogP contribution in [0, 0.1) is 0 Å². The van der Waals surface area contributed by atoms with Crippen LogP contribution in [0.2, 0.25) is 0 Å². The van der Waals surface area contributed by atoms with E-state index in [9.17, 15) is 8.42 Å². The molecule has 0 saturated carbocycles. The molecule has 2 aromatic carbocycles. The van der Waals surface area contributed by atoms with Crippen LogP contribution in [0.5, 0.6) is 0 Å². The molecule has 2 aliphatic heterocycles. The predicted molar refractivity (Wildman–Crippen MR) is 112 cm³/mol. The average molecular weight is 450 g/mol. The Morgan fingerprint density at radius 1 is 1.03 bits per heavy atom. The van der Waals surface area contributed by atoms with Gasteiger partial charge in [-0.2, -0.15) is 8.42 Å². The average Bonchev–Trinajstić information content (AvgIpc) is 2.78. The summed E-state index contributed by atoms with van der Waals surface area (Å²) in [7, 11) is -2.26. The fraction of sp³-hybridized carbons (Fsp3) is 0.455. The Bertz CT molecular complexity index is 935. The molecule has 2 heterocycles. The summed E-state index contributed by atoms with van der Waals surface area (Å²) in [6, 6.07) is 18.6. The molecule has 168 valence electrons. The van der Waals surface area contributed by atoms with E-state index in [1.807, 2.05) is 60.7 Å². The number of ether oxygens (including phenoxy) is 4. The molecule has 0 unspecified atom stereocenters. The standard InChI is InChI=1S/C22H27NO7S/c1-26-22-18(23-13-15-9-5-3-6-10-15)20(30-31(2,24)25)19-17(28-22)14-27-21(29-19)16-11-7-4-8-12-16/h3-12,17-23H,13-14H2,1-2H3/t17-,18+,19+,20+,21+,22-/m1/s1. The minimum atomic E-state index is -3.78. The highest BCUT2D eigenvalue weighted by Crippen LogP contribution is 2.36. The van der Waals surface area contributed by atoms with Crippen LogP contribution in [0.3, 0.4) is 0 Å². The smallest absolute Gasteiger partial charge is 0.264 e. The molecule has 0 amide bonds. The van der Waals surface area contributed by atoms with E-state index in [0.717, 1.165) is 17.4 Å². The second-order valence-corrected chi connectivity index (χ2v) is 9.21. The van der Waals surface area contributed by atoms with Crippen LogP contribution in [-0.4, -0.2) is 59.0 Å². The Kier molecular flexibility index (Phi) is 7.02. The molecule has 4 rings (SSSR count). The third-order valence-corrected chi connectivity index (χ3v) is 5.89. The lowest BCUT2D eigenvalue weighted by atomic mass is 9.95. The molecule has 31 heavy (non-hydrogen) atoms. The third-order valence-electron chi connectivity index (χ3n) is 5.31.